The van der Waals surface area contributed by atoms with Crippen LogP contribution in [0.2, 0.25) is 0 Å². The molecule has 6 nitrogen and oxygen atoms in total. The maximum Gasteiger partial charge on any atom is 0.240 e. The Morgan fingerprint density at radius 3 is 2.60 bits per heavy atom. The van der Waals surface area contributed by atoms with E-state index in [1.165, 1.54) is 5.56 Å². The maximum atomic E-state index is 12.0. The summed E-state index contributed by atoms with van der Waals surface area (Å²) >= 11 is 0. The molecule has 2 heterocycles. The lowest BCUT2D eigenvalue weighted by molar-refractivity contribution is -0.117. The molecule has 1 fully saturated rings. The largest absolute Gasteiger partial charge is 0.338 e. The van der Waals surface area contributed by atoms with Crippen molar-refractivity contribution >= 4 is 17.9 Å². The minimum Gasteiger partial charge on any atom is -0.338 e. The molecule has 1 aromatic heterocycles. The Morgan fingerprint density at radius 2 is 1.92 bits per heavy atom. The molecule has 25 heavy (non-hydrogen) atoms. The molecule has 0 bridgehead atoms. The Morgan fingerprint density at radius 1 is 1.20 bits per heavy atom. The van der Waals surface area contributed by atoms with Crippen LogP contribution in [0.3, 0.4) is 0 Å². The highest BCUT2D eigenvalue weighted by Crippen LogP contribution is 2.09. The topological polar surface area (TPSA) is 61.6 Å². The predicted octanol–water partition coefficient (Wildman–Crippen LogP) is 2.25. The van der Waals surface area contributed by atoms with Gasteiger partial charge < -0.3 is 4.52 Å². The molecule has 0 atom stereocenters. The van der Waals surface area contributed by atoms with Crippen molar-refractivity contribution in [2.75, 3.05) is 44.6 Å². The Hall–Kier alpha value is -2.44. The third-order valence-corrected chi connectivity index (χ3v) is 4.20. The number of benzene rings is 1. The number of aryl methyl sites for hydroxylation is 1. The zero-order chi connectivity index (χ0) is 17.5. The van der Waals surface area contributed by atoms with Crippen LogP contribution >= 0.6 is 0 Å². The standard InChI is InChI=1S/C19H24N4O2/c1-16-14-19(25-21-16)20-18(24)15-23-12-10-22(11-13-23)9-5-8-17-6-3-2-4-7-17/h2-8,14H,9-13,15H2,1H3,(H,20,24)/b8-5+. The molecule has 2 aromatic rings. The first-order valence-electron chi connectivity index (χ1n) is 8.58. The molecule has 6 heteroatoms. The Balaban J connectivity index is 1.37. The van der Waals surface area contributed by atoms with Crippen LogP contribution in [-0.4, -0.2) is 60.1 Å². The number of hydrogen-bond donors (Lipinski definition) is 1. The first kappa shape index (κ1) is 17.4. The van der Waals surface area contributed by atoms with Gasteiger partial charge in [-0.3, -0.25) is 19.9 Å². The van der Waals surface area contributed by atoms with Gasteiger partial charge in [-0.25, -0.2) is 0 Å². The van der Waals surface area contributed by atoms with Crippen molar-refractivity contribution in [1.29, 1.82) is 0 Å². The number of nitrogens with one attached hydrogen (secondary N) is 1. The van der Waals surface area contributed by atoms with Gasteiger partial charge in [0.05, 0.1) is 12.2 Å². The van der Waals surface area contributed by atoms with Crippen LogP contribution in [0.5, 0.6) is 0 Å². The van der Waals surface area contributed by atoms with E-state index in [0.29, 0.717) is 12.4 Å². The summed E-state index contributed by atoms with van der Waals surface area (Å²) < 4.78 is 5.01. The van der Waals surface area contributed by atoms with Gasteiger partial charge in [0.25, 0.3) is 0 Å². The van der Waals surface area contributed by atoms with Crippen molar-refractivity contribution < 1.29 is 9.32 Å². The molecule has 1 aromatic carbocycles. The van der Waals surface area contributed by atoms with Crippen molar-refractivity contribution in [3.8, 4) is 0 Å². The molecule has 1 amide bonds. The fourth-order valence-electron chi connectivity index (χ4n) is 2.83. The molecule has 3 rings (SSSR count). The molecule has 1 N–H and O–H groups in total. The van der Waals surface area contributed by atoms with Crippen LogP contribution in [0.15, 0.2) is 47.0 Å². The fourth-order valence-corrected chi connectivity index (χ4v) is 2.83. The normalized spacial score (nSPS) is 16.4. The van der Waals surface area contributed by atoms with Gasteiger partial charge in [-0.2, -0.15) is 0 Å². The number of hydrogen-bond acceptors (Lipinski definition) is 5. The third-order valence-electron chi connectivity index (χ3n) is 4.20. The molecule has 0 aliphatic carbocycles. The molecule has 0 radical (unpaired) electrons. The summed E-state index contributed by atoms with van der Waals surface area (Å²) in [5.74, 6) is 0.348. The molecule has 1 aliphatic heterocycles. The van der Waals surface area contributed by atoms with Gasteiger partial charge in [0, 0.05) is 38.8 Å². The first-order chi connectivity index (χ1) is 12.2. The minimum absolute atomic E-state index is 0.0615. The van der Waals surface area contributed by atoms with Crippen LogP contribution in [-0.2, 0) is 4.79 Å². The second-order valence-corrected chi connectivity index (χ2v) is 6.27. The number of rotatable bonds is 6. The number of amides is 1. The van der Waals surface area contributed by atoms with Gasteiger partial charge in [0.1, 0.15) is 0 Å². The number of carbonyl (C=O) groups excluding carboxylic acids is 1. The summed E-state index contributed by atoms with van der Waals surface area (Å²) in [6.07, 6.45) is 4.35. The van der Waals surface area contributed by atoms with Gasteiger partial charge in [0.15, 0.2) is 0 Å². The van der Waals surface area contributed by atoms with E-state index in [-0.39, 0.29) is 5.91 Å². The van der Waals surface area contributed by atoms with E-state index in [9.17, 15) is 4.79 Å². The SMILES string of the molecule is Cc1cc(NC(=O)CN2CCN(C/C=C/c3ccccc3)CC2)on1. The fraction of sp³-hybridized carbons (Fsp3) is 0.368. The van der Waals surface area contributed by atoms with Crippen molar-refractivity contribution in [3.05, 3.63) is 53.7 Å². The van der Waals surface area contributed by atoms with Crippen LogP contribution < -0.4 is 5.32 Å². The summed E-state index contributed by atoms with van der Waals surface area (Å²) in [5, 5.41) is 6.50. The first-order valence-corrected chi connectivity index (χ1v) is 8.58. The van der Waals surface area contributed by atoms with E-state index in [1.807, 2.05) is 25.1 Å². The lowest BCUT2D eigenvalue weighted by atomic mass is 10.2. The molecule has 0 saturated carbocycles. The van der Waals surface area contributed by atoms with Crippen molar-refractivity contribution in [2.24, 2.45) is 0 Å². The van der Waals surface area contributed by atoms with Crippen molar-refractivity contribution in [2.45, 2.75) is 6.92 Å². The van der Waals surface area contributed by atoms with Crippen molar-refractivity contribution in [1.82, 2.24) is 15.0 Å². The van der Waals surface area contributed by atoms with E-state index in [2.05, 4.69) is 44.6 Å². The second kappa shape index (κ2) is 8.60. The average Bonchev–Trinajstić information content (AvgIpc) is 3.02. The molecule has 132 valence electrons. The molecule has 0 spiro atoms. The van der Waals surface area contributed by atoms with Gasteiger partial charge in [-0.05, 0) is 12.5 Å². The number of anilines is 1. The van der Waals surface area contributed by atoms with Crippen LogP contribution in [0, 0.1) is 6.92 Å². The second-order valence-electron chi connectivity index (χ2n) is 6.27. The Kier molecular flexibility index (Phi) is 5.98. The smallest absolute Gasteiger partial charge is 0.240 e. The van der Waals surface area contributed by atoms with E-state index >= 15 is 0 Å². The number of piperazine rings is 1. The molecule has 1 aliphatic rings. The summed E-state index contributed by atoms with van der Waals surface area (Å²) in [6.45, 7) is 6.86. The highest BCUT2D eigenvalue weighted by atomic mass is 16.5. The van der Waals surface area contributed by atoms with Crippen LogP contribution in [0.1, 0.15) is 11.3 Å². The average molecular weight is 340 g/mol. The van der Waals surface area contributed by atoms with Crippen LogP contribution in [0.25, 0.3) is 6.08 Å². The zero-order valence-electron chi connectivity index (χ0n) is 14.5. The van der Waals surface area contributed by atoms with E-state index in [0.717, 1.165) is 38.4 Å². The summed E-state index contributed by atoms with van der Waals surface area (Å²) in [6, 6.07) is 12.0. The lowest BCUT2D eigenvalue weighted by Crippen LogP contribution is -2.48. The van der Waals surface area contributed by atoms with Crippen LogP contribution in [0.4, 0.5) is 5.88 Å². The summed E-state index contributed by atoms with van der Waals surface area (Å²) in [4.78, 5) is 16.6. The summed E-state index contributed by atoms with van der Waals surface area (Å²) in [5.41, 5.74) is 1.98. The maximum absolute atomic E-state index is 12.0. The van der Waals surface area contributed by atoms with E-state index in [1.54, 1.807) is 6.07 Å². The number of carbonyl (C=O) groups is 1. The van der Waals surface area contributed by atoms with Crippen molar-refractivity contribution in [3.63, 3.8) is 0 Å². The monoisotopic (exact) mass is 340 g/mol. The third kappa shape index (κ3) is 5.55. The predicted molar refractivity (Wildman–Crippen MR) is 98.2 cm³/mol. The number of nitrogens with zero attached hydrogens (tertiary/aromatic N) is 3. The van der Waals surface area contributed by atoms with E-state index < -0.39 is 0 Å². The highest BCUT2D eigenvalue weighted by Gasteiger charge is 2.18. The molecular weight excluding hydrogens is 316 g/mol. The quantitative estimate of drug-likeness (QED) is 0.874. The number of aromatic nitrogens is 1. The van der Waals surface area contributed by atoms with E-state index in [4.69, 9.17) is 4.52 Å². The minimum atomic E-state index is -0.0615. The highest BCUT2D eigenvalue weighted by molar-refractivity contribution is 5.90. The Bertz CT molecular complexity index is 703. The zero-order valence-corrected chi connectivity index (χ0v) is 14.5. The Labute approximate surface area is 148 Å². The van der Waals surface area contributed by atoms with Gasteiger partial charge in [-0.15, -0.1) is 0 Å². The molecule has 0 unspecified atom stereocenters. The lowest BCUT2D eigenvalue weighted by Gasteiger charge is -2.33. The molecule has 1 saturated heterocycles. The van der Waals surface area contributed by atoms with Gasteiger partial charge >= 0.3 is 0 Å². The van der Waals surface area contributed by atoms with Gasteiger partial charge in [-0.1, -0.05) is 47.6 Å². The summed E-state index contributed by atoms with van der Waals surface area (Å²) in [7, 11) is 0. The molecular formula is C19H24N4O2. The van der Waals surface area contributed by atoms with Gasteiger partial charge in [0.2, 0.25) is 11.8 Å².